The number of likely N-dealkylation sites (tertiary alicyclic amines) is 1. The van der Waals surface area contributed by atoms with E-state index in [0.717, 1.165) is 13.0 Å². The third kappa shape index (κ3) is 1.90. The van der Waals surface area contributed by atoms with Crippen LogP contribution in [0.4, 0.5) is 0 Å². The van der Waals surface area contributed by atoms with Gasteiger partial charge >= 0.3 is 0 Å². The molecule has 1 unspecified atom stereocenters. The second-order valence-electron chi connectivity index (χ2n) is 4.04. The largest absolute Gasteiger partial charge is 0.342 e. The van der Waals surface area contributed by atoms with Crippen LogP contribution in [0.2, 0.25) is 0 Å². The van der Waals surface area contributed by atoms with Crippen molar-refractivity contribution < 1.29 is 9.59 Å². The highest BCUT2D eigenvalue weighted by molar-refractivity contribution is 5.84. The number of hydrogen-bond acceptors (Lipinski definition) is 2. The topological polar surface area (TPSA) is 37.4 Å². The first-order valence-corrected chi connectivity index (χ1v) is 4.78. The average molecular weight is 183 g/mol. The lowest BCUT2D eigenvalue weighted by atomic mass is 9.86. The fraction of sp³-hybridized carbons (Fsp3) is 0.800. The first-order chi connectivity index (χ1) is 5.99. The van der Waals surface area contributed by atoms with Crippen LogP contribution in [0.15, 0.2) is 0 Å². The SMILES string of the molecule is CCC(=O)N1CCC(C)(C(C)=O)C1. The Morgan fingerprint density at radius 2 is 2.08 bits per heavy atom. The van der Waals surface area contributed by atoms with Crippen LogP contribution in [0, 0.1) is 5.41 Å². The fourth-order valence-corrected chi connectivity index (χ4v) is 1.68. The molecular weight excluding hydrogens is 166 g/mol. The molecule has 1 atom stereocenters. The number of nitrogens with zero attached hydrogens (tertiary/aromatic N) is 1. The molecule has 3 heteroatoms. The highest BCUT2D eigenvalue weighted by atomic mass is 16.2. The van der Waals surface area contributed by atoms with Gasteiger partial charge in [-0.1, -0.05) is 13.8 Å². The molecule has 1 aliphatic heterocycles. The Balaban J connectivity index is 2.63. The molecule has 0 saturated carbocycles. The zero-order valence-corrected chi connectivity index (χ0v) is 8.59. The maximum atomic E-state index is 11.3. The fourth-order valence-electron chi connectivity index (χ4n) is 1.68. The molecule has 0 spiro atoms. The van der Waals surface area contributed by atoms with E-state index in [1.807, 2.05) is 13.8 Å². The van der Waals surface area contributed by atoms with Gasteiger partial charge in [0.1, 0.15) is 5.78 Å². The lowest BCUT2D eigenvalue weighted by Crippen LogP contribution is -2.33. The molecule has 0 bridgehead atoms. The molecule has 1 rings (SSSR count). The number of amides is 1. The summed E-state index contributed by atoms with van der Waals surface area (Å²) in [5, 5.41) is 0. The first-order valence-electron chi connectivity index (χ1n) is 4.78. The molecule has 0 aliphatic carbocycles. The number of ketones is 1. The van der Waals surface area contributed by atoms with Crippen LogP contribution >= 0.6 is 0 Å². The summed E-state index contributed by atoms with van der Waals surface area (Å²) in [6.07, 6.45) is 1.35. The van der Waals surface area contributed by atoms with Crippen molar-refractivity contribution >= 4 is 11.7 Å². The maximum absolute atomic E-state index is 11.3. The summed E-state index contributed by atoms with van der Waals surface area (Å²) in [5.74, 6) is 0.351. The Morgan fingerprint density at radius 1 is 1.46 bits per heavy atom. The van der Waals surface area contributed by atoms with E-state index in [4.69, 9.17) is 0 Å². The van der Waals surface area contributed by atoms with Crippen LogP contribution in [-0.2, 0) is 9.59 Å². The molecule has 74 valence electrons. The standard InChI is InChI=1S/C10H17NO2/c1-4-9(13)11-6-5-10(3,7-11)8(2)12/h4-7H2,1-3H3. The van der Waals surface area contributed by atoms with Gasteiger partial charge in [-0.15, -0.1) is 0 Å². The summed E-state index contributed by atoms with van der Waals surface area (Å²) >= 11 is 0. The van der Waals surface area contributed by atoms with Gasteiger partial charge in [-0.05, 0) is 13.3 Å². The summed E-state index contributed by atoms with van der Waals surface area (Å²) in [4.78, 5) is 24.4. The van der Waals surface area contributed by atoms with E-state index in [0.29, 0.717) is 13.0 Å². The lowest BCUT2D eigenvalue weighted by molar-refractivity contribution is -0.131. The second kappa shape index (κ2) is 3.48. The van der Waals surface area contributed by atoms with Gasteiger partial charge in [0.05, 0.1) is 0 Å². The third-order valence-corrected chi connectivity index (χ3v) is 2.98. The van der Waals surface area contributed by atoms with Crippen molar-refractivity contribution in [2.75, 3.05) is 13.1 Å². The van der Waals surface area contributed by atoms with Crippen molar-refractivity contribution in [3.05, 3.63) is 0 Å². The minimum absolute atomic E-state index is 0.157. The van der Waals surface area contributed by atoms with Gasteiger partial charge in [0.15, 0.2) is 0 Å². The van der Waals surface area contributed by atoms with Gasteiger partial charge in [-0.25, -0.2) is 0 Å². The number of carbonyl (C=O) groups excluding carboxylic acids is 2. The van der Waals surface area contributed by atoms with Crippen LogP contribution in [0.5, 0.6) is 0 Å². The Hall–Kier alpha value is -0.860. The van der Waals surface area contributed by atoms with Crippen molar-refractivity contribution in [3.8, 4) is 0 Å². The Bertz CT molecular complexity index is 237. The summed E-state index contributed by atoms with van der Waals surface area (Å²) in [7, 11) is 0. The monoisotopic (exact) mass is 183 g/mol. The number of carbonyl (C=O) groups is 2. The van der Waals surface area contributed by atoms with E-state index in [1.165, 1.54) is 0 Å². The van der Waals surface area contributed by atoms with E-state index < -0.39 is 0 Å². The van der Waals surface area contributed by atoms with Crippen molar-refractivity contribution in [1.29, 1.82) is 0 Å². The highest BCUT2D eigenvalue weighted by Gasteiger charge is 2.38. The van der Waals surface area contributed by atoms with Crippen LogP contribution in [0.1, 0.15) is 33.6 Å². The molecule has 1 aliphatic rings. The molecule has 0 aromatic rings. The molecule has 0 aromatic heterocycles. The summed E-state index contributed by atoms with van der Waals surface area (Å²) in [5.41, 5.74) is -0.287. The third-order valence-electron chi connectivity index (χ3n) is 2.98. The van der Waals surface area contributed by atoms with Crippen LogP contribution in [-0.4, -0.2) is 29.7 Å². The molecule has 0 N–H and O–H groups in total. The number of rotatable bonds is 2. The molecular formula is C10H17NO2. The van der Waals surface area contributed by atoms with Gasteiger partial charge in [-0.3, -0.25) is 9.59 Å². The zero-order chi connectivity index (χ0) is 10.1. The minimum atomic E-state index is -0.287. The van der Waals surface area contributed by atoms with Crippen LogP contribution in [0.3, 0.4) is 0 Å². The van der Waals surface area contributed by atoms with E-state index >= 15 is 0 Å². The van der Waals surface area contributed by atoms with E-state index in [-0.39, 0.29) is 17.1 Å². The molecule has 1 saturated heterocycles. The average Bonchev–Trinajstić information content (AvgIpc) is 2.48. The van der Waals surface area contributed by atoms with Crippen molar-refractivity contribution in [2.45, 2.75) is 33.6 Å². The summed E-state index contributed by atoms with van der Waals surface area (Å²) < 4.78 is 0. The van der Waals surface area contributed by atoms with Crippen molar-refractivity contribution in [3.63, 3.8) is 0 Å². The first kappa shape index (κ1) is 10.2. The van der Waals surface area contributed by atoms with Gasteiger partial charge in [0.25, 0.3) is 0 Å². The van der Waals surface area contributed by atoms with Gasteiger partial charge in [0, 0.05) is 24.9 Å². The van der Waals surface area contributed by atoms with Gasteiger partial charge < -0.3 is 4.90 Å². The Labute approximate surface area is 79.1 Å². The molecule has 1 heterocycles. The predicted octanol–water partition coefficient (Wildman–Crippen LogP) is 1.22. The lowest BCUT2D eigenvalue weighted by Gasteiger charge is -2.21. The van der Waals surface area contributed by atoms with E-state index in [9.17, 15) is 9.59 Å². The number of hydrogen-bond donors (Lipinski definition) is 0. The molecule has 1 amide bonds. The Kier molecular flexibility index (Phi) is 2.74. The van der Waals surface area contributed by atoms with Crippen LogP contribution < -0.4 is 0 Å². The Morgan fingerprint density at radius 3 is 2.46 bits per heavy atom. The predicted molar refractivity (Wildman–Crippen MR) is 50.3 cm³/mol. The molecule has 0 radical (unpaired) electrons. The zero-order valence-electron chi connectivity index (χ0n) is 8.59. The summed E-state index contributed by atoms with van der Waals surface area (Å²) in [6, 6.07) is 0. The molecule has 1 fully saturated rings. The molecule has 0 aromatic carbocycles. The van der Waals surface area contributed by atoms with Crippen molar-refractivity contribution in [2.24, 2.45) is 5.41 Å². The van der Waals surface area contributed by atoms with Gasteiger partial charge in [0.2, 0.25) is 5.91 Å². The summed E-state index contributed by atoms with van der Waals surface area (Å²) in [6.45, 7) is 6.75. The minimum Gasteiger partial charge on any atom is -0.342 e. The van der Waals surface area contributed by atoms with Gasteiger partial charge in [-0.2, -0.15) is 0 Å². The highest BCUT2D eigenvalue weighted by Crippen LogP contribution is 2.30. The second-order valence-corrected chi connectivity index (χ2v) is 4.04. The molecule has 3 nitrogen and oxygen atoms in total. The smallest absolute Gasteiger partial charge is 0.222 e. The number of Topliss-reactive ketones (excluding diaryl/α,β-unsaturated/α-hetero) is 1. The van der Waals surface area contributed by atoms with Crippen LogP contribution in [0.25, 0.3) is 0 Å². The molecule has 13 heavy (non-hydrogen) atoms. The van der Waals surface area contributed by atoms with Crippen molar-refractivity contribution in [1.82, 2.24) is 4.90 Å². The normalized spacial score (nSPS) is 27.8. The quantitative estimate of drug-likeness (QED) is 0.645. The van der Waals surface area contributed by atoms with E-state index in [1.54, 1.807) is 11.8 Å². The van der Waals surface area contributed by atoms with E-state index in [2.05, 4.69) is 0 Å². The maximum Gasteiger partial charge on any atom is 0.222 e.